The van der Waals surface area contributed by atoms with Crippen LogP contribution in [0, 0.1) is 0 Å². The molecule has 0 aromatic carbocycles. The molecule has 2 rings (SSSR count). The number of oxime groups is 1. The molecule has 0 N–H and O–H groups in total. The Labute approximate surface area is 77.2 Å². The lowest BCUT2D eigenvalue weighted by Crippen LogP contribution is -2.10. The molecule has 4 heteroatoms. The van der Waals surface area contributed by atoms with E-state index >= 15 is 0 Å². The summed E-state index contributed by atoms with van der Waals surface area (Å²) in [6.07, 6.45) is 5.17. The zero-order valence-electron chi connectivity index (χ0n) is 7.95. The molecule has 0 aliphatic heterocycles. The number of rotatable bonds is 1. The summed E-state index contributed by atoms with van der Waals surface area (Å²) in [5, 5.41) is 8.37. The predicted molar refractivity (Wildman–Crippen MR) is 49.7 cm³/mol. The highest BCUT2D eigenvalue weighted by molar-refractivity contribution is 6.01. The van der Waals surface area contributed by atoms with Crippen molar-refractivity contribution in [2.75, 3.05) is 7.11 Å². The first-order valence-corrected chi connectivity index (χ1v) is 4.44. The lowest BCUT2D eigenvalue weighted by molar-refractivity contribution is 0.212. The summed E-state index contributed by atoms with van der Waals surface area (Å²) in [5.74, 6) is 0. The Morgan fingerprint density at radius 3 is 3.15 bits per heavy atom. The molecule has 1 aromatic rings. The van der Waals surface area contributed by atoms with E-state index in [-0.39, 0.29) is 0 Å². The van der Waals surface area contributed by atoms with E-state index < -0.39 is 0 Å². The normalized spacial score (nSPS) is 18.8. The van der Waals surface area contributed by atoms with Crippen molar-refractivity contribution in [2.24, 2.45) is 12.2 Å². The van der Waals surface area contributed by atoms with Crippen molar-refractivity contribution in [2.45, 2.75) is 19.3 Å². The topological polar surface area (TPSA) is 39.4 Å². The molecule has 1 aliphatic rings. The first-order valence-electron chi connectivity index (χ1n) is 4.44. The minimum Gasteiger partial charge on any atom is -0.399 e. The molecule has 0 amide bonds. The molecule has 0 radical (unpaired) electrons. The van der Waals surface area contributed by atoms with Crippen molar-refractivity contribution < 1.29 is 4.84 Å². The molecule has 0 atom stereocenters. The van der Waals surface area contributed by atoms with Crippen LogP contribution in [0.3, 0.4) is 0 Å². The van der Waals surface area contributed by atoms with E-state index in [1.165, 1.54) is 0 Å². The van der Waals surface area contributed by atoms with Crippen LogP contribution in [0.15, 0.2) is 11.4 Å². The van der Waals surface area contributed by atoms with E-state index in [0.717, 1.165) is 36.2 Å². The maximum absolute atomic E-state index is 4.80. The lowest BCUT2D eigenvalue weighted by atomic mass is 9.96. The summed E-state index contributed by atoms with van der Waals surface area (Å²) in [7, 11) is 3.51. The molecule has 1 aliphatic carbocycles. The third-order valence-electron chi connectivity index (χ3n) is 2.24. The van der Waals surface area contributed by atoms with Gasteiger partial charge in [0.2, 0.25) is 0 Å². The van der Waals surface area contributed by atoms with Gasteiger partial charge in [-0.3, -0.25) is 4.68 Å². The van der Waals surface area contributed by atoms with Crippen LogP contribution in [0.2, 0.25) is 0 Å². The minimum absolute atomic E-state index is 0.993. The maximum Gasteiger partial charge on any atom is 0.106 e. The number of nitrogens with zero attached hydrogens (tertiary/aromatic N) is 3. The molecule has 0 fully saturated rings. The predicted octanol–water partition coefficient (Wildman–Crippen LogP) is 1.11. The number of fused-ring (bicyclic) bond motifs is 1. The second kappa shape index (κ2) is 3.20. The Hall–Kier alpha value is -1.32. The van der Waals surface area contributed by atoms with Gasteiger partial charge in [0.1, 0.15) is 7.11 Å². The molecule has 0 spiro atoms. The first-order chi connectivity index (χ1) is 6.31. The number of hydrogen-bond acceptors (Lipinski definition) is 3. The highest BCUT2D eigenvalue weighted by Crippen LogP contribution is 2.20. The summed E-state index contributed by atoms with van der Waals surface area (Å²) in [6, 6.07) is 0. The molecule has 4 nitrogen and oxygen atoms in total. The van der Waals surface area contributed by atoms with Crippen molar-refractivity contribution in [3.63, 3.8) is 0 Å². The zero-order valence-corrected chi connectivity index (χ0v) is 7.95. The van der Waals surface area contributed by atoms with Crippen molar-refractivity contribution in [1.82, 2.24) is 9.78 Å². The van der Waals surface area contributed by atoms with Crippen molar-refractivity contribution >= 4 is 5.71 Å². The Kier molecular flexibility index (Phi) is 2.04. The van der Waals surface area contributed by atoms with Crippen LogP contribution in [0.4, 0.5) is 0 Å². The SMILES string of the molecule is CO/N=C1/CCCc2nn(C)cc21. The summed E-state index contributed by atoms with van der Waals surface area (Å²) >= 11 is 0. The minimum atomic E-state index is 0.993. The Morgan fingerprint density at radius 1 is 1.54 bits per heavy atom. The third-order valence-corrected chi connectivity index (χ3v) is 2.24. The van der Waals surface area contributed by atoms with Gasteiger partial charge in [-0.1, -0.05) is 5.16 Å². The molecule has 70 valence electrons. The largest absolute Gasteiger partial charge is 0.399 e. The summed E-state index contributed by atoms with van der Waals surface area (Å²) in [5.41, 5.74) is 3.32. The van der Waals surface area contributed by atoms with Crippen LogP contribution >= 0.6 is 0 Å². The average Bonchev–Trinajstić information content (AvgIpc) is 2.47. The molecule has 0 unspecified atom stereocenters. The Morgan fingerprint density at radius 2 is 2.38 bits per heavy atom. The molecule has 1 aromatic heterocycles. The highest BCUT2D eigenvalue weighted by atomic mass is 16.6. The van der Waals surface area contributed by atoms with Crippen LogP contribution in [0.25, 0.3) is 0 Å². The van der Waals surface area contributed by atoms with Gasteiger partial charge in [-0.15, -0.1) is 0 Å². The van der Waals surface area contributed by atoms with Gasteiger partial charge < -0.3 is 4.84 Å². The summed E-state index contributed by atoms with van der Waals surface area (Å²) < 4.78 is 1.83. The first kappa shape index (κ1) is 8.29. The molecule has 0 bridgehead atoms. The maximum atomic E-state index is 4.80. The fourth-order valence-corrected chi connectivity index (χ4v) is 1.72. The van der Waals surface area contributed by atoms with Gasteiger partial charge in [0.25, 0.3) is 0 Å². The van der Waals surface area contributed by atoms with Crippen molar-refractivity contribution in [3.8, 4) is 0 Å². The van der Waals surface area contributed by atoms with Crippen molar-refractivity contribution in [1.29, 1.82) is 0 Å². The van der Waals surface area contributed by atoms with Gasteiger partial charge in [0.05, 0.1) is 11.4 Å². The smallest absolute Gasteiger partial charge is 0.106 e. The summed E-state index contributed by atoms with van der Waals surface area (Å²) in [4.78, 5) is 4.80. The third kappa shape index (κ3) is 1.43. The second-order valence-corrected chi connectivity index (χ2v) is 3.24. The fourth-order valence-electron chi connectivity index (χ4n) is 1.72. The van der Waals surface area contributed by atoms with Gasteiger partial charge in [-0.25, -0.2) is 0 Å². The number of hydrogen-bond donors (Lipinski definition) is 0. The second-order valence-electron chi connectivity index (χ2n) is 3.24. The summed E-state index contributed by atoms with van der Waals surface area (Å²) in [6.45, 7) is 0. The molecular formula is C9H13N3O. The standard InChI is InChI=1S/C9H13N3O/c1-12-6-7-8(10-12)4-3-5-9(7)11-13-2/h6H,3-5H2,1-2H3/b11-9-. The quantitative estimate of drug-likeness (QED) is 0.606. The average molecular weight is 179 g/mol. The molecule has 0 saturated carbocycles. The van der Waals surface area contributed by atoms with Gasteiger partial charge in [-0.05, 0) is 19.3 Å². The van der Waals surface area contributed by atoms with Crippen LogP contribution < -0.4 is 0 Å². The van der Waals surface area contributed by atoms with E-state index in [2.05, 4.69) is 10.3 Å². The van der Waals surface area contributed by atoms with Crippen LogP contribution in [0.1, 0.15) is 24.1 Å². The van der Waals surface area contributed by atoms with Gasteiger partial charge >= 0.3 is 0 Å². The molecule has 13 heavy (non-hydrogen) atoms. The monoisotopic (exact) mass is 179 g/mol. The number of aryl methyl sites for hydroxylation is 2. The van der Waals surface area contributed by atoms with E-state index in [0.29, 0.717) is 0 Å². The fraction of sp³-hybridized carbons (Fsp3) is 0.556. The molecule has 1 heterocycles. The molecule has 0 saturated heterocycles. The number of aromatic nitrogens is 2. The van der Waals surface area contributed by atoms with Gasteiger partial charge in [0.15, 0.2) is 0 Å². The van der Waals surface area contributed by atoms with E-state index in [1.54, 1.807) is 7.11 Å². The van der Waals surface area contributed by atoms with Crippen LogP contribution in [0.5, 0.6) is 0 Å². The Balaban J connectivity index is 2.42. The van der Waals surface area contributed by atoms with E-state index in [4.69, 9.17) is 4.84 Å². The Bertz CT molecular complexity index is 341. The molecular weight excluding hydrogens is 166 g/mol. The van der Waals surface area contributed by atoms with E-state index in [9.17, 15) is 0 Å². The zero-order chi connectivity index (χ0) is 9.26. The van der Waals surface area contributed by atoms with Crippen molar-refractivity contribution in [3.05, 3.63) is 17.5 Å². The van der Waals surface area contributed by atoms with Gasteiger partial charge in [0, 0.05) is 18.8 Å². The van der Waals surface area contributed by atoms with Gasteiger partial charge in [-0.2, -0.15) is 5.10 Å². The van der Waals surface area contributed by atoms with Crippen LogP contribution in [-0.4, -0.2) is 22.6 Å². The van der Waals surface area contributed by atoms with Crippen LogP contribution in [-0.2, 0) is 18.3 Å². The lowest BCUT2D eigenvalue weighted by Gasteiger charge is -2.10. The van der Waals surface area contributed by atoms with E-state index in [1.807, 2.05) is 17.9 Å². The highest BCUT2D eigenvalue weighted by Gasteiger charge is 2.18.